The highest BCUT2D eigenvalue weighted by atomic mass is 35.5. The summed E-state index contributed by atoms with van der Waals surface area (Å²) in [5, 5.41) is 5.56. The molecule has 35 heavy (non-hydrogen) atoms. The molecule has 1 saturated carbocycles. The van der Waals surface area contributed by atoms with Gasteiger partial charge in [0, 0.05) is 22.0 Å². The van der Waals surface area contributed by atoms with Gasteiger partial charge in [0.15, 0.2) is 0 Å². The zero-order valence-electron chi connectivity index (χ0n) is 21.4. The van der Waals surface area contributed by atoms with Crippen LogP contribution in [0.15, 0.2) is 84.9 Å². The van der Waals surface area contributed by atoms with Crippen LogP contribution in [0.3, 0.4) is 0 Å². The van der Waals surface area contributed by atoms with Crippen LogP contribution in [-0.4, -0.2) is 5.66 Å². The number of halogens is 1. The summed E-state index contributed by atoms with van der Waals surface area (Å²) in [6, 6.07) is 28.8. The molecule has 0 aromatic heterocycles. The van der Waals surface area contributed by atoms with Gasteiger partial charge in [0.2, 0.25) is 0 Å². The molecule has 0 bridgehead atoms. The summed E-state index contributed by atoms with van der Waals surface area (Å²) in [6.07, 6.45) is 3.36. The number of nitrogens with one attached hydrogen (secondary N) is 1. The van der Waals surface area contributed by atoms with E-state index in [1.165, 1.54) is 12.0 Å². The highest BCUT2D eigenvalue weighted by Gasteiger charge is 2.48. The van der Waals surface area contributed by atoms with Gasteiger partial charge in [-0.1, -0.05) is 112 Å². The summed E-state index contributed by atoms with van der Waals surface area (Å²) < 4.78 is 15.9. The van der Waals surface area contributed by atoms with Crippen molar-refractivity contribution >= 4 is 24.0 Å². The maximum atomic E-state index is 15.9. The van der Waals surface area contributed by atoms with Crippen LogP contribution in [0.25, 0.3) is 0 Å². The standard InChI is InChI=1S/C31H39ClNOP/c1-22(2)29-20-15-23(3)21-30(29)35(34,28-13-9-6-10-14-28)31(26-16-18-27(32)19-17-26)33-24(4)25-11-7-5-8-12-25/h5-14,16-19,22-24,29-31,33H,15,20-21H2,1-4H3/t23-,24-,29+,30?,31+,35+/m1/s1. The average Bonchev–Trinajstić information content (AvgIpc) is 2.88. The predicted molar refractivity (Wildman–Crippen MR) is 151 cm³/mol. The van der Waals surface area contributed by atoms with E-state index in [9.17, 15) is 0 Å². The molecule has 0 radical (unpaired) electrons. The van der Waals surface area contributed by atoms with Gasteiger partial charge in [0.25, 0.3) is 0 Å². The molecule has 2 nitrogen and oxygen atoms in total. The smallest absolute Gasteiger partial charge is 0.139 e. The van der Waals surface area contributed by atoms with Crippen molar-refractivity contribution in [2.24, 2.45) is 17.8 Å². The summed E-state index contributed by atoms with van der Waals surface area (Å²) in [4.78, 5) is 0. The molecule has 1 aliphatic rings. The molecular weight excluding hydrogens is 469 g/mol. The van der Waals surface area contributed by atoms with Crippen LogP contribution in [0.5, 0.6) is 0 Å². The first-order valence-corrected chi connectivity index (χ1v) is 15.2. The van der Waals surface area contributed by atoms with Crippen molar-refractivity contribution in [1.29, 1.82) is 0 Å². The van der Waals surface area contributed by atoms with Gasteiger partial charge in [0.1, 0.15) is 7.14 Å². The Balaban J connectivity index is 1.89. The van der Waals surface area contributed by atoms with Crippen molar-refractivity contribution in [3.63, 3.8) is 0 Å². The second-order valence-corrected chi connectivity index (χ2v) is 14.2. The molecule has 3 aromatic carbocycles. The predicted octanol–water partition coefficient (Wildman–Crippen LogP) is 8.84. The molecule has 3 aromatic rings. The monoisotopic (exact) mass is 507 g/mol. The fourth-order valence-electron chi connectivity index (χ4n) is 5.93. The minimum absolute atomic E-state index is 0.0485. The minimum atomic E-state index is -2.97. The van der Waals surface area contributed by atoms with Gasteiger partial charge in [-0.3, -0.25) is 5.32 Å². The van der Waals surface area contributed by atoms with E-state index in [1.54, 1.807) is 0 Å². The summed E-state index contributed by atoms with van der Waals surface area (Å²) in [5.41, 5.74) is 2.37. The molecule has 1 unspecified atom stereocenters. The van der Waals surface area contributed by atoms with E-state index in [-0.39, 0.29) is 17.5 Å². The molecule has 1 N–H and O–H groups in total. The molecule has 6 atom stereocenters. The van der Waals surface area contributed by atoms with E-state index in [1.807, 2.05) is 36.4 Å². The van der Waals surface area contributed by atoms with Crippen molar-refractivity contribution in [3.05, 3.63) is 101 Å². The Hall–Kier alpha value is -1.86. The third kappa shape index (κ3) is 5.77. The SMILES string of the molecule is CC(C)[C@@H]1CC[C@@H](C)CC1[P@@](=O)(c1ccccc1)[C@H](N[C@H](C)c1ccccc1)c1ccc(Cl)cc1. The van der Waals surface area contributed by atoms with Crippen LogP contribution in [-0.2, 0) is 4.57 Å². The normalized spacial score (nSPS) is 24.0. The third-order valence-electron chi connectivity index (χ3n) is 7.92. The third-order valence-corrected chi connectivity index (χ3v) is 12.1. The Morgan fingerprint density at radius 1 is 0.829 bits per heavy atom. The van der Waals surface area contributed by atoms with E-state index >= 15 is 4.57 Å². The van der Waals surface area contributed by atoms with Crippen molar-refractivity contribution in [2.45, 2.75) is 64.4 Å². The number of hydrogen-bond donors (Lipinski definition) is 1. The van der Waals surface area contributed by atoms with Crippen LogP contribution >= 0.6 is 18.7 Å². The molecule has 0 amide bonds. The number of rotatable bonds is 8. The van der Waals surface area contributed by atoms with Crippen LogP contribution in [0.4, 0.5) is 0 Å². The maximum absolute atomic E-state index is 15.9. The van der Waals surface area contributed by atoms with E-state index in [0.29, 0.717) is 22.8 Å². The van der Waals surface area contributed by atoms with E-state index in [2.05, 4.69) is 81.5 Å². The molecule has 0 spiro atoms. The lowest BCUT2D eigenvalue weighted by Gasteiger charge is -2.45. The van der Waals surface area contributed by atoms with Crippen LogP contribution < -0.4 is 10.6 Å². The van der Waals surface area contributed by atoms with Crippen LogP contribution in [0, 0.1) is 17.8 Å². The van der Waals surface area contributed by atoms with E-state index < -0.39 is 7.14 Å². The topological polar surface area (TPSA) is 29.1 Å². The molecular formula is C31H39ClNOP. The van der Waals surface area contributed by atoms with Crippen molar-refractivity contribution < 1.29 is 4.57 Å². The Kier molecular flexibility index (Phi) is 8.59. The Morgan fingerprint density at radius 2 is 1.43 bits per heavy atom. The molecule has 0 heterocycles. The van der Waals surface area contributed by atoms with Gasteiger partial charge in [-0.05, 0) is 60.8 Å². The quantitative estimate of drug-likeness (QED) is 0.308. The first-order valence-electron chi connectivity index (χ1n) is 13.0. The van der Waals surface area contributed by atoms with Gasteiger partial charge in [-0.25, -0.2) is 0 Å². The van der Waals surface area contributed by atoms with Gasteiger partial charge >= 0.3 is 0 Å². The number of hydrogen-bond acceptors (Lipinski definition) is 2. The lowest BCUT2D eigenvalue weighted by molar-refractivity contribution is 0.235. The van der Waals surface area contributed by atoms with Crippen molar-refractivity contribution in [2.75, 3.05) is 0 Å². The maximum Gasteiger partial charge on any atom is 0.139 e. The van der Waals surface area contributed by atoms with Gasteiger partial charge in [0.05, 0.1) is 5.78 Å². The Bertz CT molecular complexity index is 1120. The molecule has 4 rings (SSSR count). The fraction of sp³-hybridized carbons (Fsp3) is 0.419. The average molecular weight is 508 g/mol. The van der Waals surface area contributed by atoms with Gasteiger partial charge in [-0.2, -0.15) is 0 Å². The first kappa shape index (κ1) is 26.2. The second-order valence-electron chi connectivity index (χ2n) is 10.7. The molecule has 186 valence electrons. The van der Waals surface area contributed by atoms with Gasteiger partial charge < -0.3 is 4.57 Å². The first-order chi connectivity index (χ1) is 16.8. The second kappa shape index (κ2) is 11.5. The summed E-state index contributed by atoms with van der Waals surface area (Å²) >= 11 is 6.29. The molecule has 4 heteroatoms. The number of benzene rings is 3. The Labute approximate surface area is 216 Å². The zero-order chi connectivity index (χ0) is 25.0. The molecule has 0 aliphatic heterocycles. The highest BCUT2D eigenvalue weighted by Crippen LogP contribution is 2.66. The van der Waals surface area contributed by atoms with E-state index in [0.717, 1.165) is 23.7 Å². The van der Waals surface area contributed by atoms with Crippen LogP contribution in [0.2, 0.25) is 5.02 Å². The summed E-state index contributed by atoms with van der Waals surface area (Å²) in [5.74, 6) is 1.20. The Morgan fingerprint density at radius 3 is 2.03 bits per heavy atom. The molecule has 1 fully saturated rings. The fourth-order valence-corrected chi connectivity index (χ4v) is 10.6. The largest absolute Gasteiger partial charge is 0.316 e. The zero-order valence-corrected chi connectivity index (χ0v) is 23.1. The summed E-state index contributed by atoms with van der Waals surface area (Å²) in [7, 11) is -2.97. The lowest BCUT2D eigenvalue weighted by Crippen LogP contribution is -2.39. The summed E-state index contributed by atoms with van der Waals surface area (Å²) in [6.45, 7) is 9.12. The lowest BCUT2D eigenvalue weighted by atomic mass is 9.77. The van der Waals surface area contributed by atoms with Crippen molar-refractivity contribution in [3.8, 4) is 0 Å². The van der Waals surface area contributed by atoms with E-state index in [4.69, 9.17) is 11.6 Å². The highest BCUT2D eigenvalue weighted by molar-refractivity contribution is 7.72. The van der Waals surface area contributed by atoms with Crippen LogP contribution in [0.1, 0.15) is 69.9 Å². The van der Waals surface area contributed by atoms with Gasteiger partial charge in [-0.15, -0.1) is 0 Å². The molecule has 0 saturated heterocycles. The van der Waals surface area contributed by atoms with Crippen molar-refractivity contribution in [1.82, 2.24) is 5.32 Å². The molecule has 1 aliphatic carbocycles. The minimum Gasteiger partial charge on any atom is -0.316 e.